The number of anilines is 1. The summed E-state index contributed by atoms with van der Waals surface area (Å²) in [6.45, 7) is 3.92. The molecule has 10 heteroatoms. The first kappa shape index (κ1) is 26.7. The smallest absolute Gasteiger partial charge is 0.306 e. The van der Waals surface area contributed by atoms with Crippen LogP contribution in [0.3, 0.4) is 0 Å². The molecule has 3 heterocycles. The number of aromatic nitrogens is 4. The topological polar surface area (TPSA) is 132 Å². The number of fused-ring (bicyclic) bond motifs is 1. The molecule has 0 aliphatic carbocycles. The SMILES string of the molecule is CC[C@H](Nc1ncnc2c1ncn2C1OC(COC(=O)CCc2ccc(C)cc2)C(O)C1O)c1ccccc1. The van der Waals surface area contributed by atoms with E-state index in [1.165, 1.54) is 12.7 Å². The number of imidazole rings is 1. The highest BCUT2D eigenvalue weighted by molar-refractivity contribution is 5.83. The number of carbonyl (C=O) groups excluding carboxylic acids is 1. The van der Waals surface area contributed by atoms with Gasteiger partial charge in [0.1, 0.15) is 31.2 Å². The van der Waals surface area contributed by atoms with Gasteiger partial charge in [0.2, 0.25) is 0 Å². The molecular formula is C29H33N5O5. The van der Waals surface area contributed by atoms with Crippen LogP contribution < -0.4 is 5.32 Å². The quantitative estimate of drug-likeness (QED) is 0.263. The van der Waals surface area contributed by atoms with E-state index in [2.05, 4.69) is 39.3 Å². The van der Waals surface area contributed by atoms with Crippen molar-refractivity contribution in [1.29, 1.82) is 0 Å². The third-order valence-corrected chi connectivity index (χ3v) is 7.04. The molecule has 4 unspecified atom stereocenters. The van der Waals surface area contributed by atoms with E-state index in [4.69, 9.17) is 9.47 Å². The van der Waals surface area contributed by atoms with Crippen LogP contribution in [0.25, 0.3) is 11.2 Å². The maximum absolute atomic E-state index is 12.3. The van der Waals surface area contributed by atoms with E-state index >= 15 is 0 Å². The highest BCUT2D eigenvalue weighted by Crippen LogP contribution is 2.33. The summed E-state index contributed by atoms with van der Waals surface area (Å²) in [5.74, 6) is 0.159. The number of aliphatic hydroxyl groups is 2. The van der Waals surface area contributed by atoms with Crippen molar-refractivity contribution in [3.8, 4) is 0 Å². The van der Waals surface area contributed by atoms with Gasteiger partial charge >= 0.3 is 5.97 Å². The van der Waals surface area contributed by atoms with Gasteiger partial charge in [-0.25, -0.2) is 15.0 Å². The summed E-state index contributed by atoms with van der Waals surface area (Å²) in [5.41, 5.74) is 4.29. The minimum Gasteiger partial charge on any atom is -0.463 e. The van der Waals surface area contributed by atoms with Gasteiger partial charge in [-0.2, -0.15) is 0 Å². The van der Waals surface area contributed by atoms with Gasteiger partial charge in [0.05, 0.1) is 12.4 Å². The standard InChI is InChI=1S/C29H33N5O5/c1-3-21(20-7-5-4-6-8-20)33-27-24-28(31-16-30-27)34(17-32-24)29-26(37)25(36)22(39-29)15-38-23(35)14-13-19-11-9-18(2)10-12-19/h4-12,16-17,21-22,25-26,29,36-37H,3,13-15H2,1-2H3,(H,30,31,33)/t21-,22?,25?,26?,29?/m0/s1. The van der Waals surface area contributed by atoms with Gasteiger partial charge in [-0.1, -0.05) is 67.1 Å². The number of rotatable bonds is 10. The molecule has 1 aliphatic heterocycles. The molecule has 39 heavy (non-hydrogen) atoms. The second-order valence-corrected chi connectivity index (χ2v) is 9.78. The normalized spacial score (nSPS) is 21.6. The molecular weight excluding hydrogens is 498 g/mol. The van der Waals surface area contributed by atoms with Crippen molar-refractivity contribution in [3.63, 3.8) is 0 Å². The molecule has 1 saturated heterocycles. The van der Waals surface area contributed by atoms with Crippen LogP contribution in [-0.2, 0) is 20.7 Å². The van der Waals surface area contributed by atoms with Crippen molar-refractivity contribution in [2.24, 2.45) is 0 Å². The molecule has 5 rings (SSSR count). The number of benzene rings is 2. The molecule has 0 amide bonds. The number of hydrogen-bond acceptors (Lipinski definition) is 9. The predicted molar refractivity (Wildman–Crippen MR) is 145 cm³/mol. The van der Waals surface area contributed by atoms with Crippen molar-refractivity contribution >= 4 is 23.0 Å². The van der Waals surface area contributed by atoms with E-state index in [9.17, 15) is 15.0 Å². The molecule has 0 spiro atoms. The summed E-state index contributed by atoms with van der Waals surface area (Å²) in [6.07, 6.45) is 0.149. The van der Waals surface area contributed by atoms with E-state index in [0.29, 0.717) is 23.4 Å². The highest BCUT2D eigenvalue weighted by atomic mass is 16.6. The second-order valence-electron chi connectivity index (χ2n) is 9.78. The predicted octanol–water partition coefficient (Wildman–Crippen LogP) is 3.49. The van der Waals surface area contributed by atoms with Gasteiger partial charge in [0.25, 0.3) is 0 Å². The van der Waals surface area contributed by atoms with Gasteiger partial charge in [0.15, 0.2) is 23.2 Å². The van der Waals surface area contributed by atoms with Gasteiger partial charge in [-0.3, -0.25) is 9.36 Å². The molecule has 0 radical (unpaired) electrons. The molecule has 0 bridgehead atoms. The molecule has 1 aliphatic rings. The maximum Gasteiger partial charge on any atom is 0.306 e. The lowest BCUT2D eigenvalue weighted by Crippen LogP contribution is -2.34. The Kier molecular flexibility index (Phi) is 8.16. The summed E-state index contributed by atoms with van der Waals surface area (Å²) in [7, 11) is 0. The maximum atomic E-state index is 12.3. The Hall–Kier alpha value is -3.86. The number of esters is 1. The average molecular weight is 532 g/mol. The van der Waals surface area contributed by atoms with Crippen LogP contribution >= 0.6 is 0 Å². The van der Waals surface area contributed by atoms with Crippen LogP contribution in [0.2, 0.25) is 0 Å². The first-order valence-electron chi connectivity index (χ1n) is 13.2. The third kappa shape index (κ3) is 5.93. The van der Waals surface area contributed by atoms with Gasteiger partial charge in [0, 0.05) is 6.42 Å². The summed E-state index contributed by atoms with van der Waals surface area (Å²) in [4.78, 5) is 25.5. The number of aliphatic hydroxyl groups excluding tert-OH is 2. The van der Waals surface area contributed by atoms with E-state index < -0.39 is 30.5 Å². The van der Waals surface area contributed by atoms with Crippen LogP contribution in [0.15, 0.2) is 67.3 Å². The molecule has 5 atom stereocenters. The summed E-state index contributed by atoms with van der Waals surface area (Å²) in [5, 5.41) is 24.9. The Bertz CT molecular complexity index is 1390. The van der Waals surface area contributed by atoms with Crippen LogP contribution in [-0.4, -0.2) is 60.6 Å². The van der Waals surface area contributed by atoms with Gasteiger partial charge in [-0.05, 0) is 30.9 Å². The summed E-state index contributed by atoms with van der Waals surface area (Å²) < 4.78 is 12.9. The van der Waals surface area contributed by atoms with E-state index in [1.807, 2.05) is 49.4 Å². The lowest BCUT2D eigenvalue weighted by molar-refractivity contribution is -0.150. The molecule has 2 aromatic heterocycles. The number of nitrogens with zero attached hydrogens (tertiary/aromatic N) is 4. The van der Waals surface area contributed by atoms with Crippen molar-refractivity contribution in [1.82, 2.24) is 19.5 Å². The summed E-state index contributed by atoms with van der Waals surface area (Å²) in [6, 6.07) is 18.1. The molecule has 10 nitrogen and oxygen atoms in total. The average Bonchev–Trinajstić information content (AvgIpc) is 3.51. The number of nitrogens with one attached hydrogen (secondary N) is 1. The van der Waals surface area contributed by atoms with Crippen LogP contribution in [0.5, 0.6) is 0 Å². The molecule has 4 aromatic rings. The second kappa shape index (κ2) is 11.9. The van der Waals surface area contributed by atoms with E-state index in [1.54, 1.807) is 4.57 Å². The number of ether oxygens (including phenoxy) is 2. The lowest BCUT2D eigenvalue weighted by atomic mass is 10.0. The molecule has 0 saturated carbocycles. The lowest BCUT2D eigenvalue weighted by Gasteiger charge is -2.19. The Morgan fingerprint density at radius 2 is 1.85 bits per heavy atom. The molecule has 2 aromatic carbocycles. The van der Waals surface area contributed by atoms with Gasteiger partial charge in [-0.15, -0.1) is 0 Å². The zero-order chi connectivity index (χ0) is 27.4. The van der Waals surface area contributed by atoms with Crippen LogP contribution in [0, 0.1) is 6.92 Å². The van der Waals surface area contributed by atoms with Crippen LogP contribution in [0.1, 0.15) is 48.7 Å². The number of hydrogen-bond donors (Lipinski definition) is 3. The Balaban J connectivity index is 1.24. The van der Waals surface area contributed by atoms with Crippen molar-refractivity contribution < 1.29 is 24.5 Å². The zero-order valence-corrected chi connectivity index (χ0v) is 22.0. The molecule has 3 N–H and O–H groups in total. The monoisotopic (exact) mass is 531 g/mol. The fourth-order valence-corrected chi connectivity index (χ4v) is 4.76. The van der Waals surface area contributed by atoms with Crippen molar-refractivity contribution in [2.75, 3.05) is 11.9 Å². The zero-order valence-electron chi connectivity index (χ0n) is 22.0. The first-order valence-corrected chi connectivity index (χ1v) is 13.2. The van der Waals surface area contributed by atoms with Gasteiger partial charge < -0.3 is 25.0 Å². The molecule has 1 fully saturated rings. The van der Waals surface area contributed by atoms with Crippen LogP contribution in [0.4, 0.5) is 5.82 Å². The van der Waals surface area contributed by atoms with Crippen molar-refractivity contribution in [2.45, 2.75) is 63.7 Å². The van der Waals surface area contributed by atoms with Crippen molar-refractivity contribution in [3.05, 3.63) is 83.9 Å². The fraction of sp³-hybridized carbons (Fsp3) is 0.379. The first-order chi connectivity index (χ1) is 18.9. The molecule has 204 valence electrons. The highest BCUT2D eigenvalue weighted by Gasteiger charge is 2.45. The number of carbonyl (C=O) groups is 1. The Morgan fingerprint density at radius 1 is 1.08 bits per heavy atom. The fourth-order valence-electron chi connectivity index (χ4n) is 4.76. The third-order valence-electron chi connectivity index (χ3n) is 7.04. The summed E-state index contributed by atoms with van der Waals surface area (Å²) >= 11 is 0. The van der Waals surface area contributed by atoms with E-state index in [-0.39, 0.29) is 19.1 Å². The Morgan fingerprint density at radius 3 is 2.59 bits per heavy atom. The Labute approximate surface area is 226 Å². The number of aryl methyl sites for hydroxylation is 2. The minimum absolute atomic E-state index is 0.0228. The minimum atomic E-state index is -1.27. The van der Waals surface area contributed by atoms with E-state index in [0.717, 1.165) is 23.1 Å². The largest absolute Gasteiger partial charge is 0.463 e.